The van der Waals surface area contributed by atoms with E-state index in [1.807, 2.05) is 36.4 Å². The third-order valence-electron chi connectivity index (χ3n) is 5.12. The number of benzene rings is 3. The van der Waals surface area contributed by atoms with Gasteiger partial charge in [0.25, 0.3) is 5.91 Å². The molecule has 1 atom stereocenters. The lowest BCUT2D eigenvalue weighted by Crippen LogP contribution is -2.33. The predicted molar refractivity (Wildman–Crippen MR) is 141 cm³/mol. The second-order valence-corrected chi connectivity index (χ2v) is 9.03. The standard InChI is InChI=1S/C27H22N4O5S/c32-23(14-15-25(34)35)28-19-10-7-13-21(16-19)37-26(18-8-3-1-4-9-18)27(36)29-22-17-24(33)31(30-22)20-11-5-2-6-12-20/h1-16,26H,17H2,(H,28,32)(H,34,35)(H,29,30,36)/b15-14+. The molecule has 9 nitrogen and oxygen atoms in total. The van der Waals surface area contributed by atoms with Crippen LogP contribution in [-0.2, 0) is 19.2 Å². The molecule has 1 unspecified atom stereocenters. The second kappa shape index (κ2) is 11.8. The number of nitrogens with zero attached hydrogens (tertiary/aromatic N) is 2. The molecule has 3 aromatic carbocycles. The van der Waals surface area contributed by atoms with Gasteiger partial charge in [0.1, 0.15) is 11.1 Å². The molecule has 4 rings (SSSR count). The van der Waals surface area contributed by atoms with Gasteiger partial charge in [0, 0.05) is 22.7 Å². The minimum atomic E-state index is -1.23. The van der Waals surface area contributed by atoms with Crippen LogP contribution in [0.15, 0.2) is 107 Å². The Bertz CT molecular complexity index is 1380. The van der Waals surface area contributed by atoms with Gasteiger partial charge in [-0.3, -0.25) is 14.4 Å². The van der Waals surface area contributed by atoms with Crippen LogP contribution in [0.2, 0.25) is 0 Å². The smallest absolute Gasteiger partial charge is 0.328 e. The minimum Gasteiger partial charge on any atom is -0.478 e. The third-order valence-corrected chi connectivity index (χ3v) is 6.37. The van der Waals surface area contributed by atoms with Crippen molar-refractivity contribution in [1.82, 2.24) is 5.32 Å². The molecule has 1 aliphatic rings. The summed E-state index contributed by atoms with van der Waals surface area (Å²) >= 11 is 1.26. The van der Waals surface area contributed by atoms with E-state index in [1.54, 1.807) is 48.5 Å². The summed E-state index contributed by atoms with van der Waals surface area (Å²) in [7, 11) is 0. The van der Waals surface area contributed by atoms with Gasteiger partial charge in [-0.2, -0.15) is 10.1 Å². The summed E-state index contributed by atoms with van der Waals surface area (Å²) in [5, 5.41) is 19.0. The Balaban J connectivity index is 1.52. The zero-order chi connectivity index (χ0) is 26.2. The maximum absolute atomic E-state index is 13.4. The average Bonchev–Trinajstić information content (AvgIpc) is 3.27. The number of thioether (sulfide) groups is 1. The molecule has 1 aliphatic heterocycles. The highest BCUT2D eigenvalue weighted by Gasteiger charge is 2.29. The number of carboxylic acid groups (broad SMARTS) is 1. The van der Waals surface area contributed by atoms with E-state index in [2.05, 4.69) is 15.7 Å². The lowest BCUT2D eigenvalue weighted by molar-refractivity contribution is -0.131. The van der Waals surface area contributed by atoms with E-state index in [4.69, 9.17) is 5.11 Å². The number of hydrogen-bond donors (Lipinski definition) is 3. The Hall–Kier alpha value is -4.70. The van der Waals surface area contributed by atoms with Gasteiger partial charge >= 0.3 is 5.97 Å². The molecule has 0 fully saturated rings. The van der Waals surface area contributed by atoms with Gasteiger partial charge in [0.15, 0.2) is 0 Å². The number of carbonyl (C=O) groups is 4. The Morgan fingerprint density at radius 1 is 0.919 bits per heavy atom. The number of amides is 3. The van der Waals surface area contributed by atoms with Crippen molar-refractivity contribution in [3.63, 3.8) is 0 Å². The van der Waals surface area contributed by atoms with Crippen LogP contribution in [0.25, 0.3) is 0 Å². The topological polar surface area (TPSA) is 128 Å². The highest BCUT2D eigenvalue weighted by atomic mass is 32.2. The van der Waals surface area contributed by atoms with E-state index in [0.717, 1.165) is 17.7 Å². The predicted octanol–water partition coefficient (Wildman–Crippen LogP) is 3.97. The van der Waals surface area contributed by atoms with Crippen molar-refractivity contribution in [2.75, 3.05) is 10.3 Å². The van der Waals surface area contributed by atoms with Crippen LogP contribution in [0.4, 0.5) is 11.4 Å². The number of carbonyl (C=O) groups excluding carboxylic acids is 3. The summed E-state index contributed by atoms with van der Waals surface area (Å²) in [5.41, 5.74) is 1.80. The monoisotopic (exact) mass is 514 g/mol. The highest BCUT2D eigenvalue weighted by Crippen LogP contribution is 2.36. The fourth-order valence-corrected chi connectivity index (χ4v) is 4.58. The van der Waals surface area contributed by atoms with Crippen molar-refractivity contribution in [1.29, 1.82) is 0 Å². The summed E-state index contributed by atoms with van der Waals surface area (Å²) in [5.74, 6) is -2.15. The fourth-order valence-electron chi connectivity index (χ4n) is 3.49. The van der Waals surface area contributed by atoms with Crippen LogP contribution >= 0.6 is 11.8 Å². The van der Waals surface area contributed by atoms with E-state index < -0.39 is 17.1 Å². The van der Waals surface area contributed by atoms with E-state index in [0.29, 0.717) is 16.3 Å². The van der Waals surface area contributed by atoms with Crippen molar-refractivity contribution < 1.29 is 24.3 Å². The van der Waals surface area contributed by atoms with Crippen LogP contribution in [0.5, 0.6) is 0 Å². The van der Waals surface area contributed by atoms with Crippen molar-refractivity contribution in [2.45, 2.75) is 16.6 Å². The summed E-state index contributed by atoms with van der Waals surface area (Å²) in [6.07, 6.45) is 1.64. The minimum absolute atomic E-state index is 0.0296. The zero-order valence-electron chi connectivity index (χ0n) is 19.4. The van der Waals surface area contributed by atoms with Gasteiger partial charge in [-0.05, 0) is 35.9 Å². The number of nitrogens with one attached hydrogen (secondary N) is 2. The molecular formula is C27H22N4O5S. The molecule has 186 valence electrons. The number of carboxylic acids is 1. The molecular weight excluding hydrogens is 492 g/mol. The maximum Gasteiger partial charge on any atom is 0.328 e. The molecule has 1 heterocycles. The summed E-state index contributed by atoms with van der Waals surface area (Å²) in [6.45, 7) is 0. The van der Waals surface area contributed by atoms with Crippen LogP contribution in [0, 0.1) is 0 Å². The first kappa shape index (κ1) is 25.4. The average molecular weight is 515 g/mol. The summed E-state index contributed by atoms with van der Waals surface area (Å²) in [4.78, 5) is 49.1. The van der Waals surface area contributed by atoms with E-state index in [-0.39, 0.29) is 24.1 Å². The zero-order valence-corrected chi connectivity index (χ0v) is 20.2. The molecule has 0 bridgehead atoms. The van der Waals surface area contributed by atoms with Crippen LogP contribution in [-0.4, -0.2) is 34.6 Å². The van der Waals surface area contributed by atoms with Crippen LogP contribution in [0.3, 0.4) is 0 Å². The molecule has 0 saturated carbocycles. The first-order chi connectivity index (χ1) is 17.9. The highest BCUT2D eigenvalue weighted by molar-refractivity contribution is 8.00. The number of aliphatic carboxylic acids is 1. The molecule has 0 spiro atoms. The Kier molecular flexibility index (Phi) is 8.11. The van der Waals surface area contributed by atoms with Crippen molar-refractivity contribution in [3.05, 3.63) is 103 Å². The van der Waals surface area contributed by atoms with Gasteiger partial charge in [0.2, 0.25) is 11.8 Å². The number of para-hydroxylation sites is 1. The normalized spacial score (nSPS) is 13.8. The quantitative estimate of drug-likeness (QED) is 0.308. The molecule has 0 aliphatic carbocycles. The summed E-state index contributed by atoms with van der Waals surface area (Å²) in [6, 6.07) is 25.0. The number of rotatable bonds is 8. The van der Waals surface area contributed by atoms with Gasteiger partial charge < -0.3 is 15.7 Å². The lowest BCUT2D eigenvalue weighted by atomic mass is 10.1. The maximum atomic E-state index is 13.4. The lowest BCUT2D eigenvalue weighted by Gasteiger charge is -2.17. The number of anilines is 2. The molecule has 0 saturated heterocycles. The molecule has 37 heavy (non-hydrogen) atoms. The second-order valence-electron chi connectivity index (χ2n) is 7.85. The largest absolute Gasteiger partial charge is 0.478 e. The van der Waals surface area contributed by atoms with Gasteiger partial charge in [-0.1, -0.05) is 54.6 Å². The molecule has 3 aromatic rings. The van der Waals surface area contributed by atoms with E-state index >= 15 is 0 Å². The van der Waals surface area contributed by atoms with Crippen molar-refractivity contribution >= 4 is 52.7 Å². The Morgan fingerprint density at radius 3 is 2.32 bits per heavy atom. The number of amidine groups is 1. The van der Waals surface area contributed by atoms with Gasteiger partial charge in [-0.15, -0.1) is 11.8 Å². The van der Waals surface area contributed by atoms with Gasteiger partial charge in [0.05, 0.1) is 12.1 Å². The Labute approximate surface area is 216 Å². The molecule has 3 N–H and O–H groups in total. The molecule has 3 amide bonds. The fraction of sp³-hybridized carbons (Fsp3) is 0.0741. The first-order valence-corrected chi connectivity index (χ1v) is 12.1. The van der Waals surface area contributed by atoms with Crippen LogP contribution < -0.4 is 15.6 Å². The SMILES string of the molecule is O=C(O)/C=C/C(=O)Nc1cccc(SC(C(=O)NC2=NN(c3ccccc3)C(=O)C2)c2ccccc2)c1. The number of hydrogen-bond acceptors (Lipinski definition) is 6. The molecule has 0 radical (unpaired) electrons. The van der Waals surface area contributed by atoms with Crippen molar-refractivity contribution in [2.24, 2.45) is 5.10 Å². The Morgan fingerprint density at radius 2 is 1.62 bits per heavy atom. The molecule has 0 aromatic heterocycles. The molecule has 10 heteroatoms. The van der Waals surface area contributed by atoms with Crippen molar-refractivity contribution in [3.8, 4) is 0 Å². The first-order valence-electron chi connectivity index (χ1n) is 11.2. The summed E-state index contributed by atoms with van der Waals surface area (Å²) < 4.78 is 0. The van der Waals surface area contributed by atoms with Gasteiger partial charge in [-0.25, -0.2) is 4.79 Å². The van der Waals surface area contributed by atoms with E-state index in [1.165, 1.54) is 16.8 Å². The number of hydrazone groups is 1. The van der Waals surface area contributed by atoms with E-state index in [9.17, 15) is 19.2 Å². The van der Waals surface area contributed by atoms with Crippen LogP contribution in [0.1, 0.15) is 17.2 Å². The third kappa shape index (κ3) is 6.92.